The maximum absolute atomic E-state index is 12.3. The maximum atomic E-state index is 12.3. The van der Waals surface area contributed by atoms with Gasteiger partial charge in [0.25, 0.3) is 5.91 Å². The van der Waals surface area contributed by atoms with Gasteiger partial charge in [-0.25, -0.2) is 10.4 Å². The van der Waals surface area contributed by atoms with E-state index in [9.17, 15) is 9.59 Å². The van der Waals surface area contributed by atoms with E-state index >= 15 is 0 Å². The van der Waals surface area contributed by atoms with Crippen LogP contribution >= 0.6 is 11.6 Å². The Morgan fingerprint density at radius 3 is 2.87 bits per heavy atom. The number of aliphatic imine (C=N–C) groups is 1. The summed E-state index contributed by atoms with van der Waals surface area (Å²) in [6, 6.07) is 11.5. The van der Waals surface area contributed by atoms with Crippen molar-refractivity contribution in [3.63, 3.8) is 0 Å². The molecule has 0 saturated carbocycles. The van der Waals surface area contributed by atoms with E-state index in [4.69, 9.17) is 21.1 Å². The number of carbonyl (C=O) groups excluding carboxylic acids is 2. The first kappa shape index (κ1) is 19.7. The zero-order valence-corrected chi connectivity index (χ0v) is 16.5. The fourth-order valence-corrected chi connectivity index (χ4v) is 3.08. The molecule has 10 heteroatoms. The molecule has 2 aliphatic heterocycles. The van der Waals surface area contributed by atoms with Crippen molar-refractivity contribution in [3.8, 4) is 11.5 Å². The van der Waals surface area contributed by atoms with Crippen molar-refractivity contribution in [2.75, 3.05) is 18.5 Å². The predicted octanol–water partition coefficient (Wildman–Crippen LogP) is 1.92. The van der Waals surface area contributed by atoms with Gasteiger partial charge in [-0.3, -0.25) is 14.9 Å². The van der Waals surface area contributed by atoms with Crippen LogP contribution in [0.4, 0.5) is 5.69 Å². The molecule has 2 heterocycles. The summed E-state index contributed by atoms with van der Waals surface area (Å²) >= 11 is 6.05. The number of amides is 2. The Balaban J connectivity index is 1.33. The van der Waals surface area contributed by atoms with Gasteiger partial charge in [-0.2, -0.15) is 5.10 Å². The van der Waals surface area contributed by atoms with E-state index in [1.54, 1.807) is 30.3 Å². The Kier molecular flexibility index (Phi) is 5.80. The summed E-state index contributed by atoms with van der Waals surface area (Å²) in [4.78, 5) is 28.6. The summed E-state index contributed by atoms with van der Waals surface area (Å²) in [5, 5.41) is 9.85. The van der Waals surface area contributed by atoms with Gasteiger partial charge in [-0.15, -0.1) is 0 Å². The first-order valence-corrected chi connectivity index (χ1v) is 9.58. The highest BCUT2D eigenvalue weighted by Crippen LogP contribution is 2.32. The van der Waals surface area contributed by atoms with Gasteiger partial charge in [-0.1, -0.05) is 29.8 Å². The van der Waals surface area contributed by atoms with E-state index in [0.29, 0.717) is 41.0 Å². The van der Waals surface area contributed by atoms with Crippen LogP contribution in [0.3, 0.4) is 0 Å². The molecule has 2 aliphatic rings. The largest absolute Gasteiger partial charge is 0.486 e. The lowest BCUT2D eigenvalue weighted by molar-refractivity contribution is -0.123. The molecular formula is C20H18ClN5O4. The summed E-state index contributed by atoms with van der Waals surface area (Å²) in [6.45, 7) is 0.947. The molecule has 0 bridgehead atoms. The summed E-state index contributed by atoms with van der Waals surface area (Å²) in [5.74, 6) is 0.630. The van der Waals surface area contributed by atoms with Crippen molar-refractivity contribution in [1.82, 2.24) is 10.7 Å². The van der Waals surface area contributed by atoms with Gasteiger partial charge in [0, 0.05) is 22.3 Å². The van der Waals surface area contributed by atoms with Crippen molar-refractivity contribution >= 4 is 41.3 Å². The lowest BCUT2D eigenvalue weighted by atomic mass is 10.2. The number of halogens is 1. The topological polar surface area (TPSA) is 113 Å². The number of carbonyl (C=O) groups is 2. The number of anilines is 1. The highest BCUT2D eigenvalue weighted by molar-refractivity contribution is 6.33. The van der Waals surface area contributed by atoms with Crippen LogP contribution in [0, 0.1) is 0 Å². The van der Waals surface area contributed by atoms with E-state index in [1.807, 2.05) is 12.1 Å². The molecule has 9 nitrogen and oxygen atoms in total. The number of nitrogens with one attached hydrogen (secondary N) is 3. The SMILES string of the molecule is O=C(C[C@H]1N=C(N/N=C\c2ccccc2Cl)NC1=O)Nc1ccc2c(c1)OCCO2. The Morgan fingerprint density at radius 2 is 2.03 bits per heavy atom. The molecule has 0 fully saturated rings. The molecular weight excluding hydrogens is 410 g/mol. The normalized spacial score (nSPS) is 17.4. The summed E-state index contributed by atoms with van der Waals surface area (Å²) in [5.41, 5.74) is 3.91. The Morgan fingerprint density at radius 1 is 1.23 bits per heavy atom. The number of nitrogens with zero attached hydrogens (tertiary/aromatic N) is 2. The minimum absolute atomic E-state index is 0.111. The number of hydrogen-bond donors (Lipinski definition) is 3. The molecule has 30 heavy (non-hydrogen) atoms. The number of rotatable bonds is 5. The van der Waals surface area contributed by atoms with Crippen LogP contribution < -0.4 is 25.5 Å². The van der Waals surface area contributed by atoms with Crippen LogP contribution in [0.15, 0.2) is 52.6 Å². The summed E-state index contributed by atoms with van der Waals surface area (Å²) < 4.78 is 10.9. The fraction of sp³-hybridized carbons (Fsp3) is 0.200. The van der Waals surface area contributed by atoms with Crippen molar-refractivity contribution in [2.45, 2.75) is 12.5 Å². The van der Waals surface area contributed by atoms with Gasteiger partial charge >= 0.3 is 0 Å². The van der Waals surface area contributed by atoms with Crippen LogP contribution in [0.25, 0.3) is 0 Å². The molecule has 1 atom stereocenters. The van der Waals surface area contributed by atoms with E-state index in [2.05, 4.69) is 26.2 Å². The summed E-state index contributed by atoms with van der Waals surface area (Å²) in [6.07, 6.45) is 1.40. The second-order valence-electron chi connectivity index (χ2n) is 6.49. The van der Waals surface area contributed by atoms with Crippen LogP contribution in [0.2, 0.25) is 5.02 Å². The lowest BCUT2D eigenvalue weighted by Gasteiger charge is -2.19. The monoisotopic (exact) mass is 427 g/mol. The molecule has 3 N–H and O–H groups in total. The number of fused-ring (bicyclic) bond motifs is 1. The first-order valence-electron chi connectivity index (χ1n) is 9.20. The standard InChI is InChI=1S/C20H18ClN5O4/c21-14-4-2-1-3-12(14)11-22-26-20-24-15(19(28)25-20)10-18(27)23-13-5-6-16-17(9-13)30-8-7-29-16/h1-6,9,11,15H,7-8,10H2,(H,23,27)(H2,24,25,26,28)/b22-11-/t15-/m1/s1. The van der Waals surface area contributed by atoms with E-state index in [0.717, 1.165) is 0 Å². The van der Waals surface area contributed by atoms with E-state index in [-0.39, 0.29) is 24.2 Å². The molecule has 0 radical (unpaired) electrons. The average molecular weight is 428 g/mol. The van der Waals surface area contributed by atoms with Gasteiger partial charge in [-0.05, 0) is 18.2 Å². The number of hydrogen-bond acceptors (Lipinski definition) is 7. The van der Waals surface area contributed by atoms with Gasteiger partial charge in [0.1, 0.15) is 19.3 Å². The van der Waals surface area contributed by atoms with E-state index < -0.39 is 6.04 Å². The minimum Gasteiger partial charge on any atom is -0.486 e. The third-order valence-electron chi connectivity index (χ3n) is 4.31. The molecule has 4 rings (SSSR count). The molecule has 0 saturated heterocycles. The first-order chi connectivity index (χ1) is 14.6. The molecule has 0 aliphatic carbocycles. The third kappa shape index (κ3) is 4.69. The van der Waals surface area contributed by atoms with Crippen LogP contribution in [0.5, 0.6) is 11.5 Å². The highest BCUT2D eigenvalue weighted by atomic mass is 35.5. The van der Waals surface area contributed by atoms with Crippen molar-refractivity contribution in [1.29, 1.82) is 0 Å². The Hall–Kier alpha value is -3.59. The van der Waals surface area contributed by atoms with Crippen LogP contribution in [-0.4, -0.2) is 43.2 Å². The Labute approximate surface area is 177 Å². The second-order valence-corrected chi connectivity index (χ2v) is 6.89. The smallest absolute Gasteiger partial charge is 0.252 e. The van der Waals surface area contributed by atoms with Crippen LogP contribution in [0.1, 0.15) is 12.0 Å². The molecule has 2 aromatic rings. The van der Waals surface area contributed by atoms with Crippen molar-refractivity contribution in [2.24, 2.45) is 10.1 Å². The van der Waals surface area contributed by atoms with Crippen molar-refractivity contribution < 1.29 is 19.1 Å². The molecule has 0 aromatic heterocycles. The van der Waals surface area contributed by atoms with Gasteiger partial charge < -0.3 is 14.8 Å². The second kappa shape index (κ2) is 8.83. The number of hydrazone groups is 1. The zero-order chi connectivity index (χ0) is 20.9. The molecule has 0 spiro atoms. The number of ether oxygens (including phenoxy) is 2. The molecule has 2 aromatic carbocycles. The molecule has 2 amide bonds. The average Bonchev–Trinajstić information content (AvgIpc) is 3.08. The molecule has 154 valence electrons. The lowest BCUT2D eigenvalue weighted by Crippen LogP contribution is -2.35. The zero-order valence-electron chi connectivity index (χ0n) is 15.7. The Bertz CT molecular complexity index is 1040. The highest BCUT2D eigenvalue weighted by Gasteiger charge is 2.28. The van der Waals surface area contributed by atoms with Gasteiger partial charge in [0.2, 0.25) is 11.9 Å². The number of benzene rings is 2. The molecule has 0 unspecified atom stereocenters. The van der Waals surface area contributed by atoms with Gasteiger partial charge in [0.05, 0.1) is 12.6 Å². The number of guanidine groups is 1. The quantitative estimate of drug-likeness (QED) is 0.498. The minimum atomic E-state index is -0.847. The van der Waals surface area contributed by atoms with Crippen LogP contribution in [-0.2, 0) is 9.59 Å². The van der Waals surface area contributed by atoms with Crippen molar-refractivity contribution in [3.05, 3.63) is 53.1 Å². The predicted molar refractivity (Wildman–Crippen MR) is 112 cm³/mol. The third-order valence-corrected chi connectivity index (χ3v) is 4.66. The summed E-state index contributed by atoms with van der Waals surface area (Å²) in [7, 11) is 0. The maximum Gasteiger partial charge on any atom is 0.252 e. The van der Waals surface area contributed by atoms with Gasteiger partial charge in [0.15, 0.2) is 11.5 Å². The van der Waals surface area contributed by atoms with E-state index in [1.165, 1.54) is 6.21 Å². The fourth-order valence-electron chi connectivity index (χ4n) is 2.89.